The van der Waals surface area contributed by atoms with Gasteiger partial charge in [0, 0.05) is 32.5 Å². The first-order valence-corrected chi connectivity index (χ1v) is 8.84. The minimum atomic E-state index is -0.257. The number of aromatic amines is 1. The van der Waals surface area contributed by atoms with Crippen molar-refractivity contribution in [3.05, 3.63) is 40.3 Å². The molecule has 0 aliphatic carbocycles. The predicted molar refractivity (Wildman–Crippen MR) is 92.6 cm³/mol. The number of hydrogen-bond donors (Lipinski definition) is 1. The average Bonchev–Trinajstić information content (AvgIpc) is 3.17. The third-order valence-corrected chi connectivity index (χ3v) is 4.93. The summed E-state index contributed by atoms with van der Waals surface area (Å²) in [7, 11) is 1.63. The van der Waals surface area contributed by atoms with E-state index in [2.05, 4.69) is 16.3 Å². The number of nitrogens with one attached hydrogen (secondary N) is 1. The van der Waals surface area contributed by atoms with E-state index in [0.29, 0.717) is 24.9 Å². The summed E-state index contributed by atoms with van der Waals surface area (Å²) >= 11 is 1.28. The van der Waals surface area contributed by atoms with Gasteiger partial charge in [0.2, 0.25) is 5.91 Å². The SMILES string of the molecule is COCCCn1c(SCC(=O)N2CCc3ccccc32)n[nH]c1=O. The molecule has 8 heteroatoms. The third-order valence-electron chi connectivity index (χ3n) is 3.97. The largest absolute Gasteiger partial charge is 0.385 e. The van der Waals surface area contributed by atoms with Crippen LogP contribution in [0.2, 0.25) is 0 Å². The minimum Gasteiger partial charge on any atom is -0.385 e. The Kier molecular flexibility index (Phi) is 5.37. The zero-order chi connectivity index (χ0) is 16.9. The molecule has 2 aromatic rings. The fourth-order valence-electron chi connectivity index (χ4n) is 2.78. The Morgan fingerprint density at radius 3 is 3.08 bits per heavy atom. The summed E-state index contributed by atoms with van der Waals surface area (Å²) in [5, 5.41) is 7.00. The van der Waals surface area contributed by atoms with Crippen molar-refractivity contribution in [3.63, 3.8) is 0 Å². The number of hydrogen-bond acceptors (Lipinski definition) is 5. The second-order valence-electron chi connectivity index (χ2n) is 5.52. The van der Waals surface area contributed by atoms with Gasteiger partial charge in [-0.2, -0.15) is 0 Å². The number of H-pyrrole nitrogens is 1. The highest BCUT2D eigenvalue weighted by Crippen LogP contribution is 2.28. The van der Waals surface area contributed by atoms with Crippen LogP contribution >= 0.6 is 11.8 Å². The lowest BCUT2D eigenvalue weighted by atomic mass is 10.2. The zero-order valence-electron chi connectivity index (χ0n) is 13.5. The van der Waals surface area contributed by atoms with E-state index in [9.17, 15) is 9.59 Å². The number of ether oxygens (including phenoxy) is 1. The molecule has 0 bridgehead atoms. The monoisotopic (exact) mass is 348 g/mol. The second kappa shape index (κ2) is 7.67. The molecule has 7 nitrogen and oxygen atoms in total. The summed E-state index contributed by atoms with van der Waals surface area (Å²) in [6.45, 7) is 1.80. The van der Waals surface area contributed by atoms with E-state index in [1.807, 2.05) is 23.1 Å². The van der Waals surface area contributed by atoms with Gasteiger partial charge in [0.15, 0.2) is 5.16 Å². The van der Waals surface area contributed by atoms with E-state index >= 15 is 0 Å². The van der Waals surface area contributed by atoms with Gasteiger partial charge < -0.3 is 9.64 Å². The quantitative estimate of drug-likeness (QED) is 0.602. The van der Waals surface area contributed by atoms with Crippen molar-refractivity contribution in [1.29, 1.82) is 0 Å². The number of benzene rings is 1. The van der Waals surface area contributed by atoms with Gasteiger partial charge in [-0.25, -0.2) is 9.89 Å². The number of aromatic nitrogens is 3. The smallest absolute Gasteiger partial charge is 0.343 e. The molecular formula is C16H20N4O3S. The molecule has 0 unspecified atom stereocenters. The van der Waals surface area contributed by atoms with Crippen LogP contribution in [-0.4, -0.2) is 46.7 Å². The maximum atomic E-state index is 12.5. The van der Waals surface area contributed by atoms with Crippen LogP contribution in [0.4, 0.5) is 5.69 Å². The molecule has 1 aliphatic rings. The zero-order valence-corrected chi connectivity index (χ0v) is 14.3. The van der Waals surface area contributed by atoms with Crippen LogP contribution in [0.1, 0.15) is 12.0 Å². The Hall–Kier alpha value is -2.06. The maximum Gasteiger partial charge on any atom is 0.343 e. The molecule has 0 saturated heterocycles. The van der Waals surface area contributed by atoms with Gasteiger partial charge >= 0.3 is 5.69 Å². The number of rotatable bonds is 7. The Balaban J connectivity index is 1.62. The highest BCUT2D eigenvalue weighted by molar-refractivity contribution is 7.99. The highest BCUT2D eigenvalue weighted by Gasteiger charge is 2.24. The van der Waals surface area contributed by atoms with E-state index in [0.717, 1.165) is 18.5 Å². The van der Waals surface area contributed by atoms with E-state index in [1.54, 1.807) is 11.7 Å². The Morgan fingerprint density at radius 1 is 1.42 bits per heavy atom. The number of nitrogens with zero attached hydrogens (tertiary/aromatic N) is 3. The predicted octanol–water partition coefficient (Wildman–Crippen LogP) is 1.29. The van der Waals surface area contributed by atoms with Crippen LogP contribution in [0.25, 0.3) is 0 Å². The molecule has 1 N–H and O–H groups in total. The number of methoxy groups -OCH3 is 1. The molecule has 3 rings (SSSR count). The van der Waals surface area contributed by atoms with Crippen molar-refractivity contribution in [2.45, 2.75) is 24.5 Å². The molecule has 0 atom stereocenters. The third kappa shape index (κ3) is 3.54. The van der Waals surface area contributed by atoms with Crippen LogP contribution in [0.3, 0.4) is 0 Å². The van der Waals surface area contributed by atoms with Crippen molar-refractivity contribution in [2.24, 2.45) is 0 Å². The second-order valence-corrected chi connectivity index (χ2v) is 6.46. The molecule has 0 spiro atoms. The molecular weight excluding hydrogens is 328 g/mol. The van der Waals surface area contributed by atoms with Crippen molar-refractivity contribution < 1.29 is 9.53 Å². The number of carbonyl (C=O) groups is 1. The van der Waals surface area contributed by atoms with Crippen LogP contribution in [0, 0.1) is 0 Å². The van der Waals surface area contributed by atoms with Gasteiger partial charge in [-0.3, -0.25) is 9.36 Å². The maximum absolute atomic E-state index is 12.5. The topological polar surface area (TPSA) is 80.2 Å². The molecule has 0 radical (unpaired) electrons. The summed E-state index contributed by atoms with van der Waals surface area (Å²) in [6.07, 6.45) is 1.60. The van der Waals surface area contributed by atoms with Crippen LogP contribution in [0.15, 0.2) is 34.2 Å². The number of fused-ring (bicyclic) bond motifs is 1. The fourth-order valence-corrected chi connectivity index (χ4v) is 3.63. The molecule has 1 aromatic heterocycles. The van der Waals surface area contributed by atoms with E-state index in [1.165, 1.54) is 17.3 Å². The summed E-state index contributed by atoms with van der Waals surface area (Å²) < 4.78 is 6.56. The minimum absolute atomic E-state index is 0.0313. The number of amides is 1. The van der Waals surface area contributed by atoms with Gasteiger partial charge in [0.1, 0.15) is 0 Å². The van der Waals surface area contributed by atoms with Crippen molar-refractivity contribution in [1.82, 2.24) is 14.8 Å². The number of para-hydroxylation sites is 1. The Bertz CT molecular complexity index is 771. The fraction of sp³-hybridized carbons (Fsp3) is 0.438. The molecule has 0 fully saturated rings. The van der Waals surface area contributed by atoms with E-state index in [4.69, 9.17) is 4.74 Å². The lowest BCUT2D eigenvalue weighted by Crippen LogP contribution is -2.30. The number of anilines is 1. The number of carbonyl (C=O) groups excluding carboxylic acids is 1. The van der Waals surface area contributed by atoms with Crippen LogP contribution < -0.4 is 10.6 Å². The Morgan fingerprint density at radius 2 is 2.25 bits per heavy atom. The van der Waals surface area contributed by atoms with Crippen molar-refractivity contribution in [2.75, 3.05) is 30.9 Å². The summed E-state index contributed by atoms with van der Waals surface area (Å²) in [4.78, 5) is 26.1. The standard InChI is InChI=1S/C16H20N4O3S/c1-23-10-4-8-20-15(22)17-18-16(20)24-11-14(21)19-9-7-12-5-2-3-6-13(12)19/h2-3,5-6H,4,7-11H2,1H3,(H,17,22). The molecule has 24 heavy (non-hydrogen) atoms. The molecule has 0 saturated carbocycles. The highest BCUT2D eigenvalue weighted by atomic mass is 32.2. The van der Waals surface area contributed by atoms with Crippen molar-refractivity contribution >= 4 is 23.4 Å². The van der Waals surface area contributed by atoms with Gasteiger partial charge in [0.25, 0.3) is 0 Å². The molecule has 128 valence electrons. The summed E-state index contributed by atoms with van der Waals surface area (Å²) in [5.74, 6) is 0.284. The first kappa shape index (κ1) is 16.8. The summed E-state index contributed by atoms with van der Waals surface area (Å²) in [6, 6.07) is 7.96. The molecule has 1 amide bonds. The lowest BCUT2D eigenvalue weighted by Gasteiger charge is -2.16. The first-order chi connectivity index (χ1) is 11.7. The van der Waals surface area contributed by atoms with Gasteiger partial charge in [-0.1, -0.05) is 30.0 Å². The lowest BCUT2D eigenvalue weighted by molar-refractivity contribution is -0.116. The van der Waals surface area contributed by atoms with Crippen molar-refractivity contribution in [3.8, 4) is 0 Å². The molecule has 1 aliphatic heterocycles. The van der Waals surface area contributed by atoms with E-state index in [-0.39, 0.29) is 17.3 Å². The summed E-state index contributed by atoms with van der Waals surface area (Å²) in [5.41, 5.74) is 1.93. The Labute approximate surface area is 144 Å². The molecule has 2 heterocycles. The molecule has 1 aromatic carbocycles. The van der Waals surface area contributed by atoms with Gasteiger partial charge in [-0.15, -0.1) is 5.10 Å². The van der Waals surface area contributed by atoms with Crippen LogP contribution in [0.5, 0.6) is 0 Å². The van der Waals surface area contributed by atoms with Crippen LogP contribution in [-0.2, 0) is 22.5 Å². The van der Waals surface area contributed by atoms with E-state index < -0.39 is 0 Å². The average molecular weight is 348 g/mol. The van der Waals surface area contributed by atoms with Gasteiger partial charge in [-0.05, 0) is 24.5 Å². The normalized spacial score (nSPS) is 13.3. The first-order valence-electron chi connectivity index (χ1n) is 7.86. The number of thioether (sulfide) groups is 1. The van der Waals surface area contributed by atoms with Gasteiger partial charge in [0.05, 0.1) is 5.75 Å².